The topological polar surface area (TPSA) is 55.6 Å². The van der Waals surface area contributed by atoms with E-state index in [2.05, 4.69) is 0 Å². The zero-order chi connectivity index (χ0) is 13.4. The van der Waals surface area contributed by atoms with Gasteiger partial charge in [0.2, 0.25) is 5.91 Å². The van der Waals surface area contributed by atoms with Crippen molar-refractivity contribution < 1.29 is 9.53 Å². The number of rotatable bonds is 8. The summed E-state index contributed by atoms with van der Waals surface area (Å²) >= 11 is 4.92. The number of amides is 1. The van der Waals surface area contributed by atoms with Crippen LogP contribution in [0.1, 0.15) is 33.6 Å². The first-order chi connectivity index (χ1) is 7.92. The number of ether oxygens (including phenoxy) is 1. The van der Waals surface area contributed by atoms with Crippen molar-refractivity contribution in [2.45, 2.75) is 39.7 Å². The first-order valence-electron chi connectivity index (χ1n) is 6.02. The second-order valence-electron chi connectivity index (χ2n) is 4.32. The van der Waals surface area contributed by atoms with Crippen LogP contribution in [-0.2, 0) is 9.53 Å². The van der Waals surface area contributed by atoms with Crippen LogP contribution in [0.5, 0.6) is 0 Å². The van der Waals surface area contributed by atoms with Crippen molar-refractivity contribution in [3.63, 3.8) is 0 Å². The fraction of sp³-hybridized carbons (Fsp3) is 0.833. The van der Waals surface area contributed by atoms with Gasteiger partial charge in [0, 0.05) is 32.5 Å². The Labute approximate surface area is 109 Å². The van der Waals surface area contributed by atoms with Crippen molar-refractivity contribution in [2.24, 2.45) is 11.7 Å². The SMILES string of the molecule is CCN(CC(C)C(N)=S)C(=O)CCC(C)OC. The van der Waals surface area contributed by atoms with Gasteiger partial charge in [-0.3, -0.25) is 4.79 Å². The number of carbonyl (C=O) groups is 1. The molecule has 0 radical (unpaired) electrons. The maximum Gasteiger partial charge on any atom is 0.222 e. The molecule has 2 unspecified atom stereocenters. The number of hydrogen-bond acceptors (Lipinski definition) is 3. The maximum absolute atomic E-state index is 11.9. The van der Waals surface area contributed by atoms with Crippen molar-refractivity contribution in [2.75, 3.05) is 20.2 Å². The van der Waals surface area contributed by atoms with Gasteiger partial charge in [-0.15, -0.1) is 0 Å². The third-order valence-electron chi connectivity index (χ3n) is 2.88. The molecule has 1 amide bonds. The predicted octanol–water partition coefficient (Wildman–Crippen LogP) is 1.57. The molecule has 17 heavy (non-hydrogen) atoms. The number of nitrogens with zero attached hydrogens (tertiary/aromatic N) is 1. The minimum atomic E-state index is 0.0637. The third-order valence-corrected chi connectivity index (χ3v) is 3.28. The van der Waals surface area contributed by atoms with Gasteiger partial charge in [0.25, 0.3) is 0 Å². The Morgan fingerprint density at radius 3 is 2.47 bits per heavy atom. The lowest BCUT2D eigenvalue weighted by atomic mass is 10.1. The van der Waals surface area contributed by atoms with Crippen LogP contribution in [0.2, 0.25) is 0 Å². The highest BCUT2D eigenvalue weighted by atomic mass is 32.1. The Morgan fingerprint density at radius 2 is 2.06 bits per heavy atom. The molecule has 0 aliphatic heterocycles. The average molecular weight is 260 g/mol. The normalized spacial score (nSPS) is 14.1. The lowest BCUT2D eigenvalue weighted by Crippen LogP contribution is -2.38. The van der Waals surface area contributed by atoms with Crippen LogP contribution in [0, 0.1) is 5.92 Å². The number of hydrogen-bond donors (Lipinski definition) is 1. The molecular weight excluding hydrogens is 236 g/mol. The number of methoxy groups -OCH3 is 1. The summed E-state index contributed by atoms with van der Waals surface area (Å²) in [5, 5.41) is 0. The Hall–Kier alpha value is -0.680. The van der Waals surface area contributed by atoms with Crippen LogP contribution in [0.25, 0.3) is 0 Å². The quantitative estimate of drug-likeness (QED) is 0.673. The second-order valence-corrected chi connectivity index (χ2v) is 4.79. The molecule has 5 heteroatoms. The van der Waals surface area contributed by atoms with Crippen LogP contribution >= 0.6 is 12.2 Å². The van der Waals surface area contributed by atoms with Gasteiger partial charge >= 0.3 is 0 Å². The molecule has 0 heterocycles. The smallest absolute Gasteiger partial charge is 0.222 e. The van der Waals surface area contributed by atoms with Crippen LogP contribution in [-0.4, -0.2) is 42.1 Å². The van der Waals surface area contributed by atoms with E-state index in [0.29, 0.717) is 24.5 Å². The maximum atomic E-state index is 11.9. The molecule has 0 saturated heterocycles. The Balaban J connectivity index is 4.17. The van der Waals surface area contributed by atoms with Gasteiger partial charge < -0.3 is 15.4 Å². The molecule has 0 spiro atoms. The fourth-order valence-electron chi connectivity index (χ4n) is 1.43. The van der Waals surface area contributed by atoms with Gasteiger partial charge in [-0.25, -0.2) is 0 Å². The molecule has 0 fully saturated rings. The van der Waals surface area contributed by atoms with Crippen LogP contribution in [0.3, 0.4) is 0 Å². The molecule has 100 valence electrons. The van der Waals surface area contributed by atoms with Crippen LogP contribution in [0.15, 0.2) is 0 Å². The van der Waals surface area contributed by atoms with Crippen molar-refractivity contribution in [1.29, 1.82) is 0 Å². The molecule has 0 aromatic rings. The largest absolute Gasteiger partial charge is 0.393 e. The van der Waals surface area contributed by atoms with E-state index < -0.39 is 0 Å². The van der Waals surface area contributed by atoms with Crippen LogP contribution in [0.4, 0.5) is 0 Å². The van der Waals surface area contributed by atoms with E-state index in [1.165, 1.54) is 0 Å². The summed E-state index contributed by atoms with van der Waals surface area (Å²) in [6.07, 6.45) is 1.37. The molecule has 0 aromatic carbocycles. The summed E-state index contributed by atoms with van der Waals surface area (Å²) in [5.74, 6) is 0.202. The predicted molar refractivity (Wildman–Crippen MR) is 73.9 cm³/mol. The van der Waals surface area contributed by atoms with E-state index in [1.54, 1.807) is 12.0 Å². The standard InChI is InChI=1S/C12H24N2O2S/c1-5-14(8-9(2)12(13)17)11(15)7-6-10(3)16-4/h9-10H,5-8H2,1-4H3,(H2,13,17). The molecule has 2 atom stereocenters. The minimum absolute atomic E-state index is 0.0637. The monoisotopic (exact) mass is 260 g/mol. The number of nitrogens with two attached hydrogens (primary N) is 1. The Bertz CT molecular complexity index is 259. The summed E-state index contributed by atoms with van der Waals surface area (Å²) in [6.45, 7) is 7.15. The van der Waals surface area contributed by atoms with E-state index in [1.807, 2.05) is 20.8 Å². The zero-order valence-corrected chi connectivity index (χ0v) is 12.0. The molecule has 2 N–H and O–H groups in total. The van der Waals surface area contributed by atoms with Gasteiger partial charge in [-0.2, -0.15) is 0 Å². The lowest BCUT2D eigenvalue weighted by Gasteiger charge is -2.24. The summed E-state index contributed by atoms with van der Waals surface area (Å²) < 4.78 is 5.12. The first-order valence-corrected chi connectivity index (χ1v) is 6.43. The zero-order valence-electron chi connectivity index (χ0n) is 11.2. The molecule has 0 saturated carbocycles. The average Bonchev–Trinajstić information content (AvgIpc) is 2.31. The van der Waals surface area contributed by atoms with E-state index in [9.17, 15) is 4.79 Å². The lowest BCUT2D eigenvalue weighted by molar-refractivity contribution is -0.131. The van der Waals surface area contributed by atoms with Gasteiger partial charge in [-0.05, 0) is 20.3 Å². The van der Waals surface area contributed by atoms with Gasteiger partial charge in [0.05, 0.1) is 11.1 Å². The van der Waals surface area contributed by atoms with E-state index in [-0.39, 0.29) is 17.9 Å². The van der Waals surface area contributed by atoms with Crippen molar-refractivity contribution >= 4 is 23.1 Å². The van der Waals surface area contributed by atoms with Gasteiger partial charge in [0.15, 0.2) is 0 Å². The molecular formula is C12H24N2O2S. The van der Waals surface area contributed by atoms with E-state index in [4.69, 9.17) is 22.7 Å². The molecule has 0 aliphatic carbocycles. The minimum Gasteiger partial charge on any atom is -0.393 e. The third kappa shape index (κ3) is 6.58. The van der Waals surface area contributed by atoms with Crippen molar-refractivity contribution in [3.05, 3.63) is 0 Å². The number of thiocarbonyl (C=S) groups is 1. The Kier molecular flexibility index (Phi) is 8.08. The van der Waals surface area contributed by atoms with Gasteiger partial charge in [0.1, 0.15) is 0 Å². The summed E-state index contributed by atoms with van der Waals surface area (Å²) in [4.78, 5) is 14.2. The first kappa shape index (κ1) is 16.3. The fourth-order valence-corrected chi connectivity index (χ4v) is 1.51. The summed E-state index contributed by atoms with van der Waals surface area (Å²) in [6, 6.07) is 0. The van der Waals surface area contributed by atoms with E-state index in [0.717, 1.165) is 6.42 Å². The summed E-state index contributed by atoms with van der Waals surface area (Å²) in [7, 11) is 1.65. The van der Waals surface area contributed by atoms with E-state index >= 15 is 0 Å². The highest BCUT2D eigenvalue weighted by molar-refractivity contribution is 7.80. The van der Waals surface area contributed by atoms with Crippen molar-refractivity contribution in [3.8, 4) is 0 Å². The van der Waals surface area contributed by atoms with Crippen molar-refractivity contribution in [1.82, 2.24) is 4.90 Å². The molecule has 0 aliphatic rings. The highest BCUT2D eigenvalue weighted by Crippen LogP contribution is 2.07. The molecule has 0 bridgehead atoms. The second kappa shape index (κ2) is 8.42. The highest BCUT2D eigenvalue weighted by Gasteiger charge is 2.16. The van der Waals surface area contributed by atoms with Gasteiger partial charge in [-0.1, -0.05) is 19.1 Å². The summed E-state index contributed by atoms with van der Waals surface area (Å²) in [5.41, 5.74) is 5.56. The molecule has 4 nitrogen and oxygen atoms in total. The molecule has 0 rings (SSSR count). The van der Waals surface area contributed by atoms with Crippen LogP contribution < -0.4 is 5.73 Å². The molecule has 0 aromatic heterocycles. The number of carbonyl (C=O) groups excluding carboxylic acids is 1. The Morgan fingerprint density at radius 1 is 1.47 bits per heavy atom.